The van der Waals surface area contributed by atoms with Crippen LogP contribution in [0, 0.1) is 6.92 Å². The van der Waals surface area contributed by atoms with Gasteiger partial charge >= 0.3 is 0 Å². The zero-order valence-corrected chi connectivity index (χ0v) is 16.8. The Kier molecular flexibility index (Phi) is 6.21. The van der Waals surface area contributed by atoms with Crippen molar-refractivity contribution in [2.45, 2.75) is 26.9 Å². The number of rotatable bonds is 7. The van der Waals surface area contributed by atoms with Crippen molar-refractivity contribution in [1.29, 1.82) is 0 Å². The fraction of sp³-hybridized carbons (Fsp3) is 0.238. The van der Waals surface area contributed by atoms with Crippen LogP contribution in [0.4, 0.5) is 0 Å². The molecule has 3 rings (SSSR count). The average molecular weight is 400 g/mol. The van der Waals surface area contributed by atoms with Crippen LogP contribution in [-0.4, -0.2) is 21.2 Å². The Morgan fingerprint density at radius 3 is 2.64 bits per heavy atom. The second-order valence-corrected chi connectivity index (χ2v) is 6.70. The van der Waals surface area contributed by atoms with Crippen molar-refractivity contribution in [2.75, 3.05) is 0 Å². The van der Waals surface area contributed by atoms with Gasteiger partial charge in [-0.15, -0.1) is 0 Å². The van der Waals surface area contributed by atoms with Crippen LogP contribution in [0.5, 0.6) is 17.4 Å². The molecule has 0 aliphatic rings. The van der Waals surface area contributed by atoms with Crippen LogP contribution in [0.2, 0.25) is 5.02 Å². The Balaban J connectivity index is 1.92. The predicted molar refractivity (Wildman–Crippen MR) is 109 cm³/mol. The maximum absolute atomic E-state index is 8.92. The first kappa shape index (κ1) is 19.8. The zero-order valence-electron chi connectivity index (χ0n) is 16.0. The third kappa shape index (κ3) is 4.28. The number of hydrogen-bond donors (Lipinski definition) is 1. The fourth-order valence-corrected chi connectivity index (χ4v) is 3.11. The third-order valence-corrected chi connectivity index (χ3v) is 4.64. The summed E-state index contributed by atoms with van der Waals surface area (Å²) in [6, 6.07) is 13.6. The molecule has 1 heterocycles. The molecule has 7 heteroatoms. The summed E-state index contributed by atoms with van der Waals surface area (Å²) >= 11 is 6.44. The van der Waals surface area contributed by atoms with Crippen LogP contribution in [0.15, 0.2) is 47.6 Å². The van der Waals surface area contributed by atoms with E-state index in [0.717, 1.165) is 17.5 Å². The van der Waals surface area contributed by atoms with Gasteiger partial charge in [0.1, 0.15) is 12.4 Å². The number of aryl methyl sites for hydroxylation is 3. The Morgan fingerprint density at radius 1 is 1.21 bits per heavy atom. The van der Waals surface area contributed by atoms with Crippen LogP contribution in [0.25, 0.3) is 0 Å². The van der Waals surface area contributed by atoms with Gasteiger partial charge in [0.15, 0.2) is 5.75 Å². The van der Waals surface area contributed by atoms with Crippen LogP contribution in [-0.2, 0) is 20.1 Å². The molecule has 0 saturated heterocycles. The van der Waals surface area contributed by atoms with E-state index < -0.39 is 0 Å². The minimum atomic E-state index is 0.426. The van der Waals surface area contributed by atoms with E-state index in [2.05, 4.69) is 10.3 Å². The molecular formula is C21H22ClN3O3. The molecule has 0 fully saturated rings. The van der Waals surface area contributed by atoms with Crippen molar-refractivity contribution >= 4 is 17.8 Å². The normalized spacial score (nSPS) is 11.1. The molecular weight excluding hydrogens is 378 g/mol. The lowest BCUT2D eigenvalue weighted by Crippen LogP contribution is -2.01. The Bertz CT molecular complexity index is 984. The highest BCUT2D eigenvalue weighted by molar-refractivity contribution is 6.32. The minimum Gasteiger partial charge on any atom is -0.488 e. The SMILES string of the molecule is CCc1cc(Cl)c(Oc2c(/C=N/O)c(C)nn2C)cc1OCc1ccccc1. The van der Waals surface area contributed by atoms with Crippen molar-refractivity contribution in [2.24, 2.45) is 12.2 Å². The second kappa shape index (κ2) is 8.80. The van der Waals surface area contributed by atoms with Gasteiger partial charge in [-0.2, -0.15) is 5.10 Å². The van der Waals surface area contributed by atoms with E-state index in [1.54, 1.807) is 24.7 Å². The third-order valence-electron chi connectivity index (χ3n) is 4.34. The van der Waals surface area contributed by atoms with E-state index in [9.17, 15) is 0 Å². The second-order valence-electron chi connectivity index (χ2n) is 6.29. The molecule has 0 aliphatic heterocycles. The molecule has 146 valence electrons. The number of nitrogens with zero attached hydrogens (tertiary/aromatic N) is 3. The molecule has 6 nitrogen and oxygen atoms in total. The molecule has 0 spiro atoms. The van der Waals surface area contributed by atoms with Gasteiger partial charge in [-0.3, -0.25) is 0 Å². The van der Waals surface area contributed by atoms with Gasteiger partial charge in [0.25, 0.3) is 0 Å². The summed E-state index contributed by atoms with van der Waals surface area (Å²) in [5.41, 5.74) is 3.32. The van der Waals surface area contributed by atoms with E-state index in [1.807, 2.05) is 43.3 Å². The summed E-state index contributed by atoms with van der Waals surface area (Å²) in [5, 5.41) is 16.8. The molecule has 0 aliphatic carbocycles. The molecule has 0 radical (unpaired) electrons. The van der Waals surface area contributed by atoms with Gasteiger partial charge in [-0.05, 0) is 30.5 Å². The highest BCUT2D eigenvalue weighted by Crippen LogP contribution is 2.37. The summed E-state index contributed by atoms with van der Waals surface area (Å²) < 4.78 is 13.6. The Hall–Kier alpha value is -2.99. The number of halogens is 1. The fourth-order valence-electron chi connectivity index (χ4n) is 2.89. The molecule has 3 aromatic rings. The monoisotopic (exact) mass is 399 g/mol. The summed E-state index contributed by atoms with van der Waals surface area (Å²) in [7, 11) is 1.75. The van der Waals surface area contributed by atoms with Crippen LogP contribution >= 0.6 is 11.6 Å². The molecule has 1 aromatic heterocycles. The lowest BCUT2D eigenvalue weighted by Gasteiger charge is -2.15. The maximum Gasteiger partial charge on any atom is 0.226 e. The van der Waals surface area contributed by atoms with Gasteiger partial charge in [-0.25, -0.2) is 4.68 Å². The molecule has 28 heavy (non-hydrogen) atoms. The molecule has 0 saturated carbocycles. The molecule has 1 N–H and O–H groups in total. The molecule has 0 unspecified atom stereocenters. The zero-order chi connectivity index (χ0) is 20.1. The van der Waals surface area contributed by atoms with E-state index in [0.29, 0.717) is 40.3 Å². The molecule has 0 atom stereocenters. The van der Waals surface area contributed by atoms with Crippen molar-refractivity contribution < 1.29 is 14.7 Å². The van der Waals surface area contributed by atoms with Crippen molar-refractivity contribution in [1.82, 2.24) is 9.78 Å². The van der Waals surface area contributed by atoms with E-state index in [-0.39, 0.29) is 0 Å². The minimum absolute atomic E-state index is 0.426. The summed E-state index contributed by atoms with van der Waals surface area (Å²) in [4.78, 5) is 0. The lowest BCUT2D eigenvalue weighted by atomic mass is 10.1. The van der Waals surface area contributed by atoms with Gasteiger partial charge in [-0.1, -0.05) is 54.0 Å². The van der Waals surface area contributed by atoms with Crippen LogP contribution < -0.4 is 9.47 Å². The van der Waals surface area contributed by atoms with E-state index in [1.165, 1.54) is 6.21 Å². The van der Waals surface area contributed by atoms with Gasteiger partial charge in [0, 0.05) is 13.1 Å². The molecule has 2 aromatic carbocycles. The van der Waals surface area contributed by atoms with E-state index >= 15 is 0 Å². The smallest absolute Gasteiger partial charge is 0.226 e. The van der Waals surface area contributed by atoms with Crippen molar-refractivity contribution in [3.63, 3.8) is 0 Å². The number of ether oxygens (including phenoxy) is 2. The first-order valence-electron chi connectivity index (χ1n) is 8.91. The standard InChI is InChI=1S/C21H22ClN3O3/c1-4-16-10-18(22)20(11-19(16)27-13-15-8-6-5-7-9-15)28-21-17(12-23-26)14(2)24-25(21)3/h5-12,26H,4,13H2,1-3H3/b23-12+. The van der Waals surface area contributed by atoms with Gasteiger partial charge in [0.05, 0.1) is 22.5 Å². The topological polar surface area (TPSA) is 68.9 Å². The number of hydrogen-bond acceptors (Lipinski definition) is 5. The maximum atomic E-state index is 8.92. The largest absolute Gasteiger partial charge is 0.488 e. The molecule has 0 amide bonds. The summed E-state index contributed by atoms with van der Waals surface area (Å²) in [6.45, 7) is 4.30. The molecule has 0 bridgehead atoms. The van der Waals surface area contributed by atoms with E-state index in [4.69, 9.17) is 26.3 Å². The summed E-state index contributed by atoms with van der Waals surface area (Å²) in [5.74, 6) is 1.58. The lowest BCUT2D eigenvalue weighted by molar-refractivity contribution is 0.301. The highest BCUT2D eigenvalue weighted by Gasteiger charge is 2.17. The first-order valence-corrected chi connectivity index (χ1v) is 9.29. The first-order chi connectivity index (χ1) is 13.5. The van der Waals surface area contributed by atoms with Crippen LogP contribution in [0.1, 0.15) is 29.3 Å². The van der Waals surface area contributed by atoms with Crippen molar-refractivity contribution in [3.8, 4) is 17.4 Å². The van der Waals surface area contributed by atoms with Gasteiger partial charge < -0.3 is 14.7 Å². The average Bonchev–Trinajstić information content (AvgIpc) is 2.96. The van der Waals surface area contributed by atoms with Gasteiger partial charge in [0.2, 0.25) is 5.88 Å². The quantitative estimate of drug-likeness (QED) is 0.340. The highest BCUT2D eigenvalue weighted by atomic mass is 35.5. The number of aromatic nitrogens is 2. The number of benzene rings is 2. The van der Waals surface area contributed by atoms with Crippen LogP contribution in [0.3, 0.4) is 0 Å². The Morgan fingerprint density at radius 2 is 1.96 bits per heavy atom. The summed E-state index contributed by atoms with van der Waals surface area (Å²) in [6.07, 6.45) is 2.07. The van der Waals surface area contributed by atoms with Crippen molar-refractivity contribution in [3.05, 3.63) is 69.9 Å². The number of oxime groups is 1. The Labute approximate surface area is 169 Å². The predicted octanol–water partition coefficient (Wildman–Crippen LogP) is 5.12.